The maximum atomic E-state index is 5.75. The zero-order chi connectivity index (χ0) is 12.8. The van der Waals surface area contributed by atoms with Crippen LogP contribution in [0.15, 0.2) is 4.52 Å². The van der Waals surface area contributed by atoms with Crippen molar-refractivity contribution < 1.29 is 9.26 Å². The quantitative estimate of drug-likeness (QED) is 0.817. The van der Waals surface area contributed by atoms with E-state index in [2.05, 4.69) is 22.4 Å². The van der Waals surface area contributed by atoms with Gasteiger partial charge in [-0.2, -0.15) is 4.98 Å². The molecule has 0 atom stereocenters. The van der Waals surface area contributed by atoms with Crippen LogP contribution in [0, 0.1) is 0 Å². The van der Waals surface area contributed by atoms with Gasteiger partial charge < -0.3 is 14.6 Å². The average molecular weight is 253 g/mol. The molecule has 0 bridgehead atoms. The monoisotopic (exact) mass is 253 g/mol. The minimum absolute atomic E-state index is 0.341. The number of nitrogens with zero attached hydrogens (tertiary/aromatic N) is 2. The van der Waals surface area contributed by atoms with Gasteiger partial charge in [0.1, 0.15) is 5.60 Å². The number of hydrogen-bond donors (Lipinski definition) is 1. The lowest BCUT2D eigenvalue weighted by atomic mass is 9.93. The van der Waals surface area contributed by atoms with Gasteiger partial charge in [-0.3, -0.25) is 0 Å². The molecule has 0 saturated heterocycles. The van der Waals surface area contributed by atoms with E-state index in [4.69, 9.17) is 9.26 Å². The van der Waals surface area contributed by atoms with Crippen molar-refractivity contribution in [1.82, 2.24) is 10.1 Å². The van der Waals surface area contributed by atoms with Gasteiger partial charge in [-0.1, -0.05) is 37.8 Å². The molecule has 0 spiro atoms. The molecule has 1 aromatic rings. The van der Waals surface area contributed by atoms with Crippen LogP contribution in [-0.2, 0) is 10.3 Å². The molecule has 1 aliphatic carbocycles. The molecule has 0 amide bonds. The molecule has 1 heterocycles. The summed E-state index contributed by atoms with van der Waals surface area (Å²) in [4.78, 5) is 4.44. The van der Waals surface area contributed by atoms with E-state index in [-0.39, 0.29) is 5.60 Å². The van der Waals surface area contributed by atoms with E-state index in [0.717, 1.165) is 25.8 Å². The van der Waals surface area contributed by atoms with Crippen LogP contribution >= 0.6 is 0 Å². The van der Waals surface area contributed by atoms with Crippen molar-refractivity contribution in [3.8, 4) is 0 Å². The molecular weight excluding hydrogens is 230 g/mol. The van der Waals surface area contributed by atoms with Gasteiger partial charge in [-0.05, 0) is 19.3 Å². The van der Waals surface area contributed by atoms with Crippen LogP contribution in [0.1, 0.15) is 57.7 Å². The first-order chi connectivity index (χ1) is 8.80. The van der Waals surface area contributed by atoms with Crippen molar-refractivity contribution in [2.24, 2.45) is 0 Å². The van der Waals surface area contributed by atoms with Crippen LogP contribution in [0.5, 0.6) is 0 Å². The highest BCUT2D eigenvalue weighted by atomic mass is 16.5. The summed E-state index contributed by atoms with van der Waals surface area (Å²) in [7, 11) is 1.75. The fourth-order valence-corrected chi connectivity index (χ4v) is 2.53. The maximum absolute atomic E-state index is 5.75. The van der Waals surface area contributed by atoms with E-state index >= 15 is 0 Å². The lowest BCUT2D eigenvalue weighted by Gasteiger charge is -2.27. The van der Waals surface area contributed by atoms with Gasteiger partial charge in [0.15, 0.2) is 0 Å². The summed E-state index contributed by atoms with van der Waals surface area (Å²) >= 11 is 0. The van der Waals surface area contributed by atoms with Crippen LogP contribution in [0.25, 0.3) is 0 Å². The van der Waals surface area contributed by atoms with Gasteiger partial charge in [-0.15, -0.1) is 0 Å². The lowest BCUT2D eigenvalue weighted by molar-refractivity contribution is -0.0365. The second-order valence-corrected chi connectivity index (χ2v) is 4.96. The lowest BCUT2D eigenvalue weighted by Crippen LogP contribution is -2.29. The largest absolute Gasteiger partial charge is 0.370 e. The SMILES string of the molecule is CCCNc1nc(C2(OC)CCCCCC2)no1. The molecule has 0 aliphatic heterocycles. The third kappa shape index (κ3) is 2.83. The third-order valence-corrected chi connectivity index (χ3v) is 3.66. The molecule has 0 unspecified atom stereocenters. The summed E-state index contributed by atoms with van der Waals surface area (Å²) in [5.41, 5.74) is -0.341. The number of anilines is 1. The Balaban J connectivity index is 2.12. The highest BCUT2D eigenvalue weighted by Gasteiger charge is 2.37. The van der Waals surface area contributed by atoms with E-state index in [0.29, 0.717) is 11.8 Å². The standard InChI is InChI=1S/C13H23N3O2/c1-3-10-14-12-15-11(16-18-12)13(17-2)8-6-4-5-7-9-13/h3-10H2,1-2H3,(H,14,15,16). The van der Waals surface area contributed by atoms with Gasteiger partial charge in [-0.25, -0.2) is 0 Å². The molecule has 1 N–H and O–H groups in total. The van der Waals surface area contributed by atoms with Crippen molar-refractivity contribution in [2.45, 2.75) is 57.5 Å². The fraction of sp³-hybridized carbons (Fsp3) is 0.846. The minimum Gasteiger partial charge on any atom is -0.370 e. The van der Waals surface area contributed by atoms with E-state index in [1.54, 1.807) is 7.11 Å². The van der Waals surface area contributed by atoms with E-state index < -0.39 is 0 Å². The average Bonchev–Trinajstić information content (AvgIpc) is 2.74. The molecule has 5 nitrogen and oxygen atoms in total. The second-order valence-electron chi connectivity index (χ2n) is 4.96. The highest BCUT2D eigenvalue weighted by molar-refractivity contribution is 5.20. The van der Waals surface area contributed by atoms with Crippen LogP contribution in [0.2, 0.25) is 0 Å². The van der Waals surface area contributed by atoms with Crippen LogP contribution in [-0.4, -0.2) is 23.8 Å². The smallest absolute Gasteiger partial charge is 0.321 e. The van der Waals surface area contributed by atoms with Gasteiger partial charge in [0, 0.05) is 13.7 Å². The molecule has 1 saturated carbocycles. The molecule has 2 rings (SSSR count). The fourth-order valence-electron chi connectivity index (χ4n) is 2.53. The number of hydrogen-bond acceptors (Lipinski definition) is 5. The summed E-state index contributed by atoms with van der Waals surface area (Å²) in [5.74, 6) is 0.700. The van der Waals surface area contributed by atoms with Crippen molar-refractivity contribution in [3.63, 3.8) is 0 Å². The van der Waals surface area contributed by atoms with E-state index in [1.807, 2.05) is 0 Å². The number of rotatable bonds is 5. The molecule has 1 aliphatic rings. The summed E-state index contributed by atoms with van der Waals surface area (Å²) in [6.45, 7) is 2.95. The Labute approximate surface area is 108 Å². The summed E-state index contributed by atoms with van der Waals surface area (Å²) in [6.07, 6.45) is 7.87. The first-order valence-corrected chi connectivity index (χ1v) is 6.94. The predicted molar refractivity (Wildman–Crippen MR) is 69.5 cm³/mol. The maximum Gasteiger partial charge on any atom is 0.321 e. The van der Waals surface area contributed by atoms with Crippen LogP contribution < -0.4 is 5.32 Å². The molecular formula is C13H23N3O2. The van der Waals surface area contributed by atoms with Gasteiger partial charge in [0.2, 0.25) is 5.82 Å². The van der Waals surface area contributed by atoms with E-state index in [1.165, 1.54) is 25.7 Å². The second kappa shape index (κ2) is 6.18. The Kier molecular flexibility index (Phi) is 4.58. The summed E-state index contributed by atoms with van der Waals surface area (Å²) in [6, 6.07) is 0.507. The molecule has 0 aromatic carbocycles. The van der Waals surface area contributed by atoms with Crippen molar-refractivity contribution in [1.29, 1.82) is 0 Å². The van der Waals surface area contributed by atoms with Gasteiger partial charge >= 0.3 is 6.01 Å². The first kappa shape index (κ1) is 13.3. The van der Waals surface area contributed by atoms with E-state index in [9.17, 15) is 0 Å². The zero-order valence-electron chi connectivity index (χ0n) is 11.4. The van der Waals surface area contributed by atoms with Gasteiger partial charge in [0.05, 0.1) is 0 Å². The van der Waals surface area contributed by atoms with Crippen molar-refractivity contribution in [3.05, 3.63) is 5.82 Å². The van der Waals surface area contributed by atoms with Crippen LogP contribution in [0.3, 0.4) is 0 Å². The van der Waals surface area contributed by atoms with Crippen molar-refractivity contribution in [2.75, 3.05) is 19.0 Å². The summed E-state index contributed by atoms with van der Waals surface area (Å²) in [5, 5.41) is 7.22. The molecule has 102 valence electrons. The Morgan fingerprint density at radius 2 is 2.00 bits per heavy atom. The molecule has 0 radical (unpaired) electrons. The zero-order valence-corrected chi connectivity index (χ0v) is 11.4. The molecule has 1 fully saturated rings. The number of aromatic nitrogens is 2. The normalized spacial score (nSPS) is 19.4. The topological polar surface area (TPSA) is 60.2 Å². The number of nitrogens with one attached hydrogen (secondary N) is 1. The Morgan fingerprint density at radius 1 is 1.28 bits per heavy atom. The Bertz CT molecular complexity index is 357. The Morgan fingerprint density at radius 3 is 2.61 bits per heavy atom. The Hall–Kier alpha value is -1.10. The minimum atomic E-state index is -0.341. The predicted octanol–water partition coefficient (Wildman–Crippen LogP) is 3.09. The number of methoxy groups -OCH3 is 1. The molecule has 5 heteroatoms. The highest BCUT2D eigenvalue weighted by Crippen LogP contribution is 2.37. The number of ether oxygens (including phenoxy) is 1. The van der Waals surface area contributed by atoms with Crippen LogP contribution in [0.4, 0.5) is 6.01 Å². The molecule has 1 aromatic heterocycles. The summed E-state index contributed by atoms with van der Waals surface area (Å²) < 4.78 is 11.0. The third-order valence-electron chi connectivity index (χ3n) is 3.66. The first-order valence-electron chi connectivity index (χ1n) is 6.94. The molecule has 18 heavy (non-hydrogen) atoms. The van der Waals surface area contributed by atoms with Crippen molar-refractivity contribution >= 4 is 6.01 Å². The van der Waals surface area contributed by atoms with Gasteiger partial charge in [0.25, 0.3) is 0 Å².